The summed E-state index contributed by atoms with van der Waals surface area (Å²) >= 11 is 6.00. The van der Waals surface area contributed by atoms with Crippen LogP contribution in [0.25, 0.3) is 0 Å². The average molecular weight is 434 g/mol. The van der Waals surface area contributed by atoms with Gasteiger partial charge in [-0.15, -0.1) is 0 Å². The Balaban J connectivity index is 1.49. The van der Waals surface area contributed by atoms with E-state index in [0.717, 1.165) is 11.8 Å². The Morgan fingerprint density at radius 3 is 2.70 bits per heavy atom. The topological polar surface area (TPSA) is 71.1 Å². The lowest BCUT2D eigenvalue weighted by Crippen LogP contribution is -2.53. The van der Waals surface area contributed by atoms with Gasteiger partial charge in [0.2, 0.25) is 5.91 Å². The second-order valence-electron chi connectivity index (χ2n) is 7.06. The molecule has 0 radical (unpaired) electrons. The monoisotopic (exact) mass is 433 g/mol. The first-order valence-corrected chi connectivity index (χ1v) is 10.0. The Kier molecular flexibility index (Phi) is 6.06. The van der Waals surface area contributed by atoms with Crippen LogP contribution in [0.3, 0.4) is 0 Å². The van der Waals surface area contributed by atoms with E-state index >= 15 is 0 Å². The number of hydrogen-bond donors (Lipinski definition) is 1. The van der Waals surface area contributed by atoms with Crippen LogP contribution in [0.4, 0.5) is 15.8 Å². The number of para-hydroxylation sites is 2. The van der Waals surface area contributed by atoms with Gasteiger partial charge in [-0.25, -0.2) is 4.39 Å². The van der Waals surface area contributed by atoms with E-state index < -0.39 is 11.9 Å². The minimum Gasteiger partial charge on any atom is -0.477 e. The van der Waals surface area contributed by atoms with Crippen LogP contribution in [0.5, 0.6) is 5.75 Å². The average Bonchev–Trinajstić information content (AvgIpc) is 2.75. The molecule has 0 aromatic heterocycles. The van der Waals surface area contributed by atoms with Crippen LogP contribution in [0, 0.1) is 5.82 Å². The summed E-state index contributed by atoms with van der Waals surface area (Å²) in [5.41, 5.74) is 1.05. The van der Waals surface area contributed by atoms with Gasteiger partial charge in [-0.2, -0.15) is 0 Å². The van der Waals surface area contributed by atoms with E-state index in [0.29, 0.717) is 37.7 Å². The maximum atomic E-state index is 13.2. The summed E-state index contributed by atoms with van der Waals surface area (Å²) in [6.45, 7) is 2.26. The zero-order valence-corrected chi connectivity index (χ0v) is 16.9. The number of anilines is 2. The van der Waals surface area contributed by atoms with Gasteiger partial charge in [0.15, 0.2) is 6.10 Å². The lowest BCUT2D eigenvalue weighted by atomic mass is 10.1. The van der Waals surface area contributed by atoms with Crippen molar-refractivity contribution in [2.24, 2.45) is 0 Å². The van der Waals surface area contributed by atoms with Gasteiger partial charge in [-0.05, 0) is 30.3 Å². The van der Waals surface area contributed by atoms with Crippen molar-refractivity contribution in [1.82, 2.24) is 4.90 Å². The van der Waals surface area contributed by atoms with Gasteiger partial charge in [0.1, 0.15) is 11.6 Å². The smallest absolute Gasteiger partial charge is 0.265 e. The molecule has 1 fully saturated rings. The Bertz CT molecular complexity index is 952. The predicted molar refractivity (Wildman–Crippen MR) is 111 cm³/mol. The minimum absolute atomic E-state index is 0.0129. The van der Waals surface area contributed by atoms with Crippen molar-refractivity contribution < 1.29 is 23.5 Å². The van der Waals surface area contributed by atoms with Gasteiger partial charge in [0.25, 0.3) is 5.91 Å². The number of carbonyl (C=O) groups is 2. The number of fused-ring (bicyclic) bond motifs is 1. The number of ether oxygens (including phenoxy) is 2. The van der Waals surface area contributed by atoms with Crippen LogP contribution in [-0.4, -0.2) is 62.2 Å². The molecule has 2 aliphatic rings. The molecule has 0 spiro atoms. The number of halogens is 2. The first kappa shape index (κ1) is 20.4. The summed E-state index contributed by atoms with van der Waals surface area (Å²) < 4.78 is 24.5. The Morgan fingerprint density at radius 2 is 1.93 bits per heavy atom. The molecule has 1 N–H and O–H groups in total. The van der Waals surface area contributed by atoms with E-state index in [9.17, 15) is 14.0 Å². The van der Waals surface area contributed by atoms with Gasteiger partial charge in [0.05, 0.1) is 42.7 Å². The highest BCUT2D eigenvalue weighted by molar-refractivity contribution is 6.33. The molecule has 0 bridgehead atoms. The number of carbonyl (C=O) groups excluding carboxylic acids is 2. The third kappa shape index (κ3) is 4.49. The van der Waals surface area contributed by atoms with Crippen molar-refractivity contribution >= 4 is 34.8 Å². The van der Waals surface area contributed by atoms with E-state index in [1.54, 1.807) is 15.9 Å². The standard InChI is InChI=1S/C21H21ClFN3O4/c22-15-11-14(23)5-6-16(15)24-20(27)13-26-12-19(21(28)25-7-9-29-10-8-25)30-18-4-2-1-3-17(18)26/h1-6,11,19H,7-10,12-13H2,(H,24,27). The summed E-state index contributed by atoms with van der Waals surface area (Å²) in [6.07, 6.45) is -0.722. The molecule has 30 heavy (non-hydrogen) atoms. The molecule has 2 amide bonds. The molecule has 2 heterocycles. The Morgan fingerprint density at radius 1 is 1.17 bits per heavy atom. The number of nitrogens with one attached hydrogen (secondary N) is 1. The largest absolute Gasteiger partial charge is 0.477 e. The van der Waals surface area contributed by atoms with Crippen molar-refractivity contribution in [3.8, 4) is 5.75 Å². The van der Waals surface area contributed by atoms with Crippen molar-refractivity contribution in [3.05, 3.63) is 53.3 Å². The molecular formula is C21H21ClFN3O4. The maximum Gasteiger partial charge on any atom is 0.265 e. The Hall–Kier alpha value is -2.84. The number of rotatable bonds is 4. The molecule has 2 aliphatic heterocycles. The van der Waals surface area contributed by atoms with Crippen molar-refractivity contribution in [2.45, 2.75) is 6.10 Å². The summed E-state index contributed by atoms with van der Waals surface area (Å²) in [5.74, 6) is -0.398. The number of amides is 2. The third-order valence-corrected chi connectivity index (χ3v) is 5.31. The first-order valence-electron chi connectivity index (χ1n) is 9.63. The number of benzene rings is 2. The van der Waals surface area contributed by atoms with Gasteiger partial charge < -0.3 is 24.6 Å². The zero-order valence-electron chi connectivity index (χ0n) is 16.1. The lowest BCUT2D eigenvalue weighted by molar-refractivity contribution is -0.142. The SMILES string of the molecule is O=C(CN1CC(C(=O)N2CCOCC2)Oc2ccccc21)Nc1ccc(F)cc1Cl. The van der Waals surface area contributed by atoms with E-state index in [2.05, 4.69) is 5.32 Å². The van der Waals surface area contributed by atoms with Crippen LogP contribution in [0.1, 0.15) is 0 Å². The summed E-state index contributed by atoms with van der Waals surface area (Å²) in [4.78, 5) is 29.1. The molecule has 2 aromatic carbocycles. The summed E-state index contributed by atoms with van der Waals surface area (Å²) in [6, 6.07) is 11.0. The maximum absolute atomic E-state index is 13.2. The van der Waals surface area contributed by atoms with Crippen LogP contribution in [0.2, 0.25) is 5.02 Å². The lowest BCUT2D eigenvalue weighted by Gasteiger charge is -2.38. The highest BCUT2D eigenvalue weighted by Crippen LogP contribution is 2.33. The van der Waals surface area contributed by atoms with Gasteiger partial charge in [-0.1, -0.05) is 23.7 Å². The van der Waals surface area contributed by atoms with E-state index in [4.69, 9.17) is 21.1 Å². The fraction of sp³-hybridized carbons (Fsp3) is 0.333. The quantitative estimate of drug-likeness (QED) is 0.802. The van der Waals surface area contributed by atoms with E-state index in [-0.39, 0.29) is 29.9 Å². The molecular weight excluding hydrogens is 413 g/mol. The molecule has 7 nitrogen and oxygen atoms in total. The molecule has 0 saturated carbocycles. The molecule has 9 heteroatoms. The molecule has 1 unspecified atom stereocenters. The third-order valence-electron chi connectivity index (χ3n) is 5.00. The number of nitrogens with zero attached hydrogens (tertiary/aromatic N) is 2. The minimum atomic E-state index is -0.722. The van der Waals surface area contributed by atoms with Crippen molar-refractivity contribution in [3.63, 3.8) is 0 Å². The highest BCUT2D eigenvalue weighted by atomic mass is 35.5. The van der Waals surface area contributed by atoms with Crippen LogP contribution in [0.15, 0.2) is 42.5 Å². The molecule has 158 valence electrons. The molecule has 0 aliphatic carbocycles. The molecule has 1 saturated heterocycles. The van der Waals surface area contributed by atoms with Crippen LogP contribution in [-0.2, 0) is 14.3 Å². The van der Waals surface area contributed by atoms with Crippen LogP contribution < -0.4 is 15.0 Å². The fourth-order valence-electron chi connectivity index (χ4n) is 3.53. The molecule has 4 rings (SSSR count). The van der Waals surface area contributed by atoms with Gasteiger partial charge >= 0.3 is 0 Å². The predicted octanol–water partition coefficient (Wildman–Crippen LogP) is 2.54. The molecule has 1 atom stereocenters. The highest BCUT2D eigenvalue weighted by Gasteiger charge is 2.34. The van der Waals surface area contributed by atoms with Crippen LogP contribution >= 0.6 is 11.6 Å². The van der Waals surface area contributed by atoms with Crippen molar-refractivity contribution in [2.75, 3.05) is 49.6 Å². The normalized spacial score (nSPS) is 18.4. The Labute approximate surface area is 178 Å². The second kappa shape index (κ2) is 8.89. The van der Waals surface area contributed by atoms with Gasteiger partial charge in [0, 0.05) is 13.1 Å². The summed E-state index contributed by atoms with van der Waals surface area (Å²) in [7, 11) is 0. The van der Waals surface area contributed by atoms with Gasteiger partial charge in [-0.3, -0.25) is 9.59 Å². The van der Waals surface area contributed by atoms with E-state index in [1.807, 2.05) is 18.2 Å². The fourth-order valence-corrected chi connectivity index (χ4v) is 3.74. The van der Waals surface area contributed by atoms with E-state index in [1.165, 1.54) is 12.1 Å². The zero-order chi connectivity index (χ0) is 21.1. The first-order chi connectivity index (χ1) is 14.5. The summed E-state index contributed by atoms with van der Waals surface area (Å²) in [5, 5.41) is 2.81. The molecule has 2 aromatic rings. The number of morpholine rings is 1. The second-order valence-corrected chi connectivity index (χ2v) is 7.47. The number of hydrogen-bond acceptors (Lipinski definition) is 5. The van der Waals surface area contributed by atoms with Crippen molar-refractivity contribution in [1.29, 1.82) is 0 Å².